The van der Waals surface area contributed by atoms with Crippen LogP contribution in [0.25, 0.3) is 22.1 Å². The number of nitrogens with one attached hydrogen (secondary N) is 1. The van der Waals surface area contributed by atoms with Crippen molar-refractivity contribution in [2.75, 3.05) is 29.9 Å². The summed E-state index contributed by atoms with van der Waals surface area (Å²) < 4.78 is 32.8. The topological polar surface area (TPSA) is 114 Å². The number of hydrogen-bond donors (Lipinski definition) is 1. The zero-order valence-electron chi connectivity index (χ0n) is 23.8. The van der Waals surface area contributed by atoms with E-state index in [2.05, 4.69) is 30.5 Å². The van der Waals surface area contributed by atoms with Crippen molar-refractivity contribution in [2.24, 2.45) is 7.05 Å². The number of alkyl halides is 2. The summed E-state index contributed by atoms with van der Waals surface area (Å²) in [4.78, 5) is 29.7. The highest BCUT2D eigenvalue weighted by molar-refractivity contribution is 5.89. The van der Waals surface area contributed by atoms with Gasteiger partial charge in [0, 0.05) is 50.6 Å². The second-order valence-corrected chi connectivity index (χ2v) is 10.4. The third kappa shape index (κ3) is 5.92. The lowest BCUT2D eigenvalue weighted by molar-refractivity contribution is -0.128. The first-order valence-electron chi connectivity index (χ1n) is 13.7. The fourth-order valence-corrected chi connectivity index (χ4v) is 5.13. The van der Waals surface area contributed by atoms with Gasteiger partial charge in [-0.3, -0.25) is 4.79 Å². The molecule has 220 valence electrons. The maximum Gasteiger partial charge on any atom is 0.257 e. The van der Waals surface area contributed by atoms with Crippen LogP contribution >= 0.6 is 0 Å². The SMILES string of the molecule is Cc1cc(Nc2ncnc3ccc(N4CCN(C(=O)/C=C/C(F)F)[C@@H](C)C4)nc23)ccc1Oc1ccc2c(c1)nnn2C. The summed E-state index contributed by atoms with van der Waals surface area (Å²) in [5.41, 5.74) is 4.67. The van der Waals surface area contributed by atoms with Gasteiger partial charge in [0.2, 0.25) is 5.91 Å². The first-order chi connectivity index (χ1) is 20.7. The molecular weight excluding hydrogens is 556 g/mol. The van der Waals surface area contributed by atoms with Gasteiger partial charge in [0.1, 0.15) is 34.7 Å². The largest absolute Gasteiger partial charge is 0.457 e. The molecule has 4 heterocycles. The molecule has 1 aliphatic heterocycles. The van der Waals surface area contributed by atoms with Gasteiger partial charge in [0.05, 0.1) is 11.0 Å². The molecule has 0 saturated carbocycles. The average molecular weight is 586 g/mol. The zero-order chi connectivity index (χ0) is 30.1. The van der Waals surface area contributed by atoms with E-state index >= 15 is 0 Å². The molecule has 11 nitrogen and oxygen atoms in total. The summed E-state index contributed by atoms with van der Waals surface area (Å²) in [5.74, 6) is 2.22. The van der Waals surface area contributed by atoms with Crippen LogP contribution in [0, 0.1) is 6.92 Å². The Kier molecular flexibility index (Phi) is 7.53. The Hall–Kier alpha value is -5.20. The van der Waals surface area contributed by atoms with Crippen LogP contribution in [-0.2, 0) is 11.8 Å². The normalized spacial score (nSPS) is 15.6. The summed E-state index contributed by atoms with van der Waals surface area (Å²) in [6, 6.07) is 15.0. The van der Waals surface area contributed by atoms with Gasteiger partial charge >= 0.3 is 0 Å². The van der Waals surface area contributed by atoms with E-state index in [4.69, 9.17) is 9.72 Å². The third-order valence-electron chi connectivity index (χ3n) is 7.33. The Labute approximate surface area is 245 Å². The Morgan fingerprint density at radius 1 is 1.09 bits per heavy atom. The van der Waals surface area contributed by atoms with Gasteiger partial charge in [-0.1, -0.05) is 5.21 Å². The molecule has 1 fully saturated rings. The number of fused-ring (bicyclic) bond motifs is 2. The first kappa shape index (κ1) is 27.9. The number of piperazine rings is 1. The molecule has 0 radical (unpaired) electrons. The minimum Gasteiger partial charge on any atom is -0.457 e. The van der Waals surface area contributed by atoms with E-state index in [0.29, 0.717) is 59.9 Å². The summed E-state index contributed by atoms with van der Waals surface area (Å²) in [7, 11) is 1.84. The van der Waals surface area contributed by atoms with Crippen LogP contribution in [0.3, 0.4) is 0 Å². The first-order valence-corrected chi connectivity index (χ1v) is 13.7. The molecule has 3 aromatic heterocycles. The molecule has 1 N–H and O–H groups in total. The maximum absolute atomic E-state index is 12.5. The second kappa shape index (κ2) is 11.6. The number of amides is 1. The average Bonchev–Trinajstić information content (AvgIpc) is 3.36. The lowest BCUT2D eigenvalue weighted by Crippen LogP contribution is -2.54. The van der Waals surface area contributed by atoms with Gasteiger partial charge in [-0.05, 0) is 68.0 Å². The standard InChI is InChI=1S/C30H29F2N9O2/c1-18-14-20(4-8-25(18)43-21-5-7-24-23(15-21)37-38-39(24)3)35-30-29-22(33-17-34-30)6-10-27(36-29)40-12-13-41(19(2)16-40)28(42)11-9-26(31)32/h4-11,14-15,17,19,26H,12-13,16H2,1-3H3,(H,33,34,35)/b11-9+/t19-/m0/s1. The number of hydrogen-bond acceptors (Lipinski definition) is 9. The number of ether oxygens (including phenoxy) is 1. The predicted molar refractivity (Wildman–Crippen MR) is 159 cm³/mol. The highest BCUT2D eigenvalue weighted by Crippen LogP contribution is 2.31. The number of benzene rings is 2. The van der Waals surface area contributed by atoms with Crippen LogP contribution in [-0.4, -0.2) is 72.9 Å². The highest BCUT2D eigenvalue weighted by Gasteiger charge is 2.27. The quantitative estimate of drug-likeness (QED) is 0.263. The number of carbonyl (C=O) groups is 1. The van der Waals surface area contributed by atoms with Crippen LogP contribution in [0.2, 0.25) is 0 Å². The molecule has 1 amide bonds. The smallest absolute Gasteiger partial charge is 0.257 e. The predicted octanol–water partition coefficient (Wildman–Crippen LogP) is 5.01. The van der Waals surface area contributed by atoms with Gasteiger partial charge in [0.15, 0.2) is 5.82 Å². The van der Waals surface area contributed by atoms with Gasteiger partial charge in [0.25, 0.3) is 6.43 Å². The van der Waals surface area contributed by atoms with E-state index in [9.17, 15) is 13.6 Å². The zero-order valence-corrected chi connectivity index (χ0v) is 23.8. The fraction of sp³-hybridized carbons (Fsp3) is 0.267. The van der Waals surface area contributed by atoms with E-state index in [1.807, 2.05) is 69.4 Å². The number of aryl methyl sites for hydroxylation is 2. The van der Waals surface area contributed by atoms with Crippen LogP contribution in [0.5, 0.6) is 11.5 Å². The molecule has 1 atom stereocenters. The van der Waals surface area contributed by atoms with Crippen molar-refractivity contribution in [2.45, 2.75) is 26.3 Å². The van der Waals surface area contributed by atoms with Crippen molar-refractivity contribution in [1.29, 1.82) is 0 Å². The lowest BCUT2D eigenvalue weighted by atomic mass is 10.1. The number of halogens is 2. The molecule has 5 aromatic rings. The van der Waals surface area contributed by atoms with E-state index in [1.54, 1.807) is 9.58 Å². The summed E-state index contributed by atoms with van der Waals surface area (Å²) >= 11 is 0. The Bertz CT molecular complexity index is 1840. The van der Waals surface area contributed by atoms with Crippen LogP contribution < -0.4 is 15.0 Å². The molecular formula is C30H29F2N9O2. The van der Waals surface area contributed by atoms with Crippen molar-refractivity contribution in [3.05, 3.63) is 72.6 Å². The molecule has 2 aromatic carbocycles. The van der Waals surface area contributed by atoms with Gasteiger partial charge in [-0.15, -0.1) is 5.10 Å². The molecule has 1 aliphatic rings. The molecule has 6 rings (SSSR count). The van der Waals surface area contributed by atoms with Crippen LogP contribution in [0.15, 0.2) is 67.0 Å². The number of aromatic nitrogens is 6. The minimum atomic E-state index is -2.66. The van der Waals surface area contributed by atoms with Crippen LogP contribution in [0.1, 0.15) is 12.5 Å². The molecule has 13 heteroatoms. The summed E-state index contributed by atoms with van der Waals surface area (Å²) in [5, 5.41) is 11.5. The number of anilines is 3. The third-order valence-corrected chi connectivity index (χ3v) is 7.33. The van der Waals surface area contributed by atoms with Gasteiger partial charge in [-0.25, -0.2) is 28.4 Å². The van der Waals surface area contributed by atoms with Crippen molar-refractivity contribution in [1.82, 2.24) is 34.8 Å². The van der Waals surface area contributed by atoms with Crippen molar-refractivity contribution in [3.63, 3.8) is 0 Å². The lowest BCUT2D eigenvalue weighted by Gasteiger charge is -2.40. The Balaban J connectivity index is 1.18. The maximum atomic E-state index is 12.5. The second-order valence-electron chi connectivity index (χ2n) is 10.4. The Morgan fingerprint density at radius 2 is 1.95 bits per heavy atom. The number of carbonyl (C=O) groups excluding carboxylic acids is 1. The van der Waals surface area contributed by atoms with Gasteiger partial charge in [-0.2, -0.15) is 0 Å². The molecule has 0 unspecified atom stereocenters. The summed E-state index contributed by atoms with van der Waals surface area (Å²) in [6.07, 6.45) is 0.384. The van der Waals surface area contributed by atoms with Crippen LogP contribution in [0.4, 0.5) is 26.1 Å². The van der Waals surface area contributed by atoms with E-state index in [0.717, 1.165) is 28.4 Å². The van der Waals surface area contributed by atoms with Crippen molar-refractivity contribution >= 4 is 45.3 Å². The van der Waals surface area contributed by atoms with Crippen molar-refractivity contribution < 1.29 is 18.3 Å². The number of nitrogens with zero attached hydrogens (tertiary/aromatic N) is 8. The highest BCUT2D eigenvalue weighted by atomic mass is 19.3. The van der Waals surface area contributed by atoms with E-state index < -0.39 is 12.3 Å². The van der Waals surface area contributed by atoms with E-state index in [1.165, 1.54) is 6.33 Å². The number of pyridine rings is 1. The molecule has 0 spiro atoms. The van der Waals surface area contributed by atoms with E-state index in [-0.39, 0.29) is 6.04 Å². The fourth-order valence-electron chi connectivity index (χ4n) is 5.13. The Morgan fingerprint density at radius 3 is 2.74 bits per heavy atom. The number of allylic oxidation sites excluding steroid dienone is 1. The molecule has 1 saturated heterocycles. The van der Waals surface area contributed by atoms with Crippen molar-refractivity contribution in [3.8, 4) is 11.5 Å². The number of rotatable bonds is 7. The minimum absolute atomic E-state index is 0.183. The van der Waals surface area contributed by atoms with Gasteiger partial charge < -0.3 is 19.9 Å². The monoisotopic (exact) mass is 585 g/mol. The molecule has 0 aliphatic carbocycles. The summed E-state index contributed by atoms with van der Waals surface area (Å²) in [6.45, 7) is 5.27. The molecule has 43 heavy (non-hydrogen) atoms. The molecule has 0 bridgehead atoms.